The van der Waals surface area contributed by atoms with Crippen LogP contribution < -0.4 is 0 Å². The maximum absolute atomic E-state index is 10.9. The molecule has 0 atom stereocenters. The van der Waals surface area contributed by atoms with Crippen LogP contribution in [0, 0.1) is 11.3 Å². The second-order valence-corrected chi connectivity index (χ2v) is 3.76. The smallest absolute Gasteiger partial charge is 0.372 e. The Bertz CT molecular complexity index is 422. The fourth-order valence-electron chi connectivity index (χ4n) is 1.59. The van der Waals surface area contributed by atoms with Crippen LogP contribution in [0.1, 0.15) is 22.5 Å². The van der Waals surface area contributed by atoms with E-state index in [0.29, 0.717) is 38.2 Å². The Morgan fingerprint density at radius 1 is 1.61 bits per heavy atom. The predicted molar refractivity (Wildman–Crippen MR) is 63.1 cm³/mol. The average molecular weight is 252 g/mol. The molecule has 6 heteroatoms. The molecule has 1 heterocycles. The van der Waals surface area contributed by atoms with Crippen LogP contribution in [0.15, 0.2) is 16.7 Å². The van der Waals surface area contributed by atoms with Gasteiger partial charge in [0.2, 0.25) is 5.76 Å². The molecule has 0 spiro atoms. The zero-order valence-electron chi connectivity index (χ0n) is 10.3. The van der Waals surface area contributed by atoms with Crippen LogP contribution in [-0.4, -0.2) is 42.8 Å². The van der Waals surface area contributed by atoms with Gasteiger partial charge in [-0.05, 0) is 6.07 Å². The van der Waals surface area contributed by atoms with Crippen molar-refractivity contribution < 1.29 is 19.1 Å². The minimum Gasteiger partial charge on any atom is -0.475 e. The van der Waals surface area contributed by atoms with Crippen LogP contribution in [0.25, 0.3) is 0 Å². The number of methoxy groups -OCH3 is 1. The van der Waals surface area contributed by atoms with E-state index in [1.807, 2.05) is 4.90 Å². The highest BCUT2D eigenvalue weighted by Gasteiger charge is 2.16. The Kier molecular flexibility index (Phi) is 5.91. The molecule has 1 aromatic rings. The summed E-state index contributed by atoms with van der Waals surface area (Å²) >= 11 is 0. The van der Waals surface area contributed by atoms with E-state index in [9.17, 15) is 4.79 Å². The number of hydrogen-bond acceptors (Lipinski definition) is 5. The van der Waals surface area contributed by atoms with Gasteiger partial charge in [-0.15, -0.1) is 0 Å². The summed E-state index contributed by atoms with van der Waals surface area (Å²) in [5.74, 6) is -1.13. The van der Waals surface area contributed by atoms with Crippen molar-refractivity contribution in [1.29, 1.82) is 5.26 Å². The van der Waals surface area contributed by atoms with Gasteiger partial charge in [-0.3, -0.25) is 4.90 Å². The van der Waals surface area contributed by atoms with Crippen LogP contribution in [0.4, 0.5) is 0 Å². The van der Waals surface area contributed by atoms with Gasteiger partial charge < -0.3 is 14.3 Å². The molecule has 0 radical (unpaired) electrons. The van der Waals surface area contributed by atoms with E-state index in [4.69, 9.17) is 19.5 Å². The molecule has 1 aromatic heterocycles. The maximum Gasteiger partial charge on any atom is 0.372 e. The van der Waals surface area contributed by atoms with Crippen molar-refractivity contribution in [2.45, 2.75) is 13.0 Å². The van der Waals surface area contributed by atoms with Crippen molar-refractivity contribution in [2.24, 2.45) is 0 Å². The van der Waals surface area contributed by atoms with Gasteiger partial charge in [-0.25, -0.2) is 4.79 Å². The molecule has 18 heavy (non-hydrogen) atoms. The molecule has 6 nitrogen and oxygen atoms in total. The SMILES string of the molecule is COCCN(CCC#N)Cc1ccoc1C(=O)O. The quantitative estimate of drug-likeness (QED) is 0.751. The van der Waals surface area contributed by atoms with Crippen LogP contribution >= 0.6 is 0 Å². The number of ether oxygens (including phenoxy) is 1. The summed E-state index contributed by atoms with van der Waals surface area (Å²) < 4.78 is 9.90. The molecule has 0 aliphatic rings. The van der Waals surface area contributed by atoms with E-state index in [0.717, 1.165) is 0 Å². The number of rotatable bonds is 8. The van der Waals surface area contributed by atoms with E-state index in [1.54, 1.807) is 13.2 Å². The lowest BCUT2D eigenvalue weighted by Crippen LogP contribution is -2.28. The molecule has 1 rings (SSSR count). The van der Waals surface area contributed by atoms with Crippen molar-refractivity contribution in [3.8, 4) is 6.07 Å². The number of aromatic carboxylic acids is 1. The number of nitriles is 1. The van der Waals surface area contributed by atoms with Gasteiger partial charge in [0.1, 0.15) is 0 Å². The number of hydrogen-bond donors (Lipinski definition) is 1. The molecular formula is C12H16N2O4. The first-order valence-electron chi connectivity index (χ1n) is 5.57. The van der Waals surface area contributed by atoms with Gasteiger partial charge in [0.05, 0.1) is 18.9 Å². The van der Waals surface area contributed by atoms with Crippen molar-refractivity contribution in [1.82, 2.24) is 4.90 Å². The highest BCUT2D eigenvalue weighted by atomic mass is 16.5. The third kappa shape index (κ3) is 4.20. The lowest BCUT2D eigenvalue weighted by atomic mass is 10.2. The lowest BCUT2D eigenvalue weighted by Gasteiger charge is -2.20. The summed E-state index contributed by atoms with van der Waals surface area (Å²) in [5, 5.41) is 17.5. The zero-order chi connectivity index (χ0) is 13.4. The van der Waals surface area contributed by atoms with E-state index < -0.39 is 5.97 Å². The second kappa shape index (κ2) is 7.48. The minimum absolute atomic E-state index is 0.0469. The van der Waals surface area contributed by atoms with Crippen LogP contribution in [0.5, 0.6) is 0 Å². The van der Waals surface area contributed by atoms with Crippen LogP contribution in [0.3, 0.4) is 0 Å². The fraction of sp³-hybridized carbons (Fsp3) is 0.500. The summed E-state index contributed by atoms with van der Waals surface area (Å²) in [7, 11) is 1.60. The van der Waals surface area contributed by atoms with Crippen molar-refractivity contribution in [3.63, 3.8) is 0 Å². The van der Waals surface area contributed by atoms with Gasteiger partial charge >= 0.3 is 5.97 Å². The summed E-state index contributed by atoms with van der Waals surface area (Å²) in [6.07, 6.45) is 1.75. The first-order valence-corrected chi connectivity index (χ1v) is 5.57. The van der Waals surface area contributed by atoms with Gasteiger partial charge in [0, 0.05) is 38.7 Å². The first kappa shape index (κ1) is 14.2. The number of carboxylic acids is 1. The van der Waals surface area contributed by atoms with E-state index in [1.165, 1.54) is 6.26 Å². The zero-order valence-corrected chi connectivity index (χ0v) is 10.3. The molecular weight excluding hydrogens is 236 g/mol. The van der Waals surface area contributed by atoms with Gasteiger partial charge in [-0.1, -0.05) is 0 Å². The molecule has 0 aromatic carbocycles. The minimum atomic E-state index is -1.08. The second-order valence-electron chi connectivity index (χ2n) is 3.76. The van der Waals surface area contributed by atoms with E-state index in [2.05, 4.69) is 6.07 Å². The number of furan rings is 1. The molecule has 1 N–H and O–H groups in total. The molecule has 0 fully saturated rings. The standard InChI is InChI=1S/C12H16N2O4/c1-17-8-6-14(5-2-4-13)9-10-3-7-18-11(10)12(15)16/h3,7H,2,5-6,8-9H2,1H3,(H,15,16). The van der Waals surface area contributed by atoms with E-state index in [-0.39, 0.29) is 5.76 Å². The number of carbonyl (C=O) groups is 1. The average Bonchev–Trinajstić information content (AvgIpc) is 2.80. The third-order valence-electron chi connectivity index (χ3n) is 2.49. The van der Waals surface area contributed by atoms with Gasteiger partial charge in [-0.2, -0.15) is 5.26 Å². The molecule has 0 bridgehead atoms. The summed E-state index contributed by atoms with van der Waals surface area (Å²) in [5.41, 5.74) is 0.608. The topological polar surface area (TPSA) is 86.7 Å². The number of nitrogens with zero attached hydrogens (tertiary/aromatic N) is 2. The summed E-state index contributed by atoms with van der Waals surface area (Å²) in [6.45, 7) is 2.18. The highest BCUT2D eigenvalue weighted by molar-refractivity contribution is 5.86. The molecule has 0 saturated heterocycles. The molecule has 98 valence electrons. The Balaban J connectivity index is 2.66. The Hall–Kier alpha value is -1.84. The van der Waals surface area contributed by atoms with Gasteiger partial charge in [0.25, 0.3) is 0 Å². The Morgan fingerprint density at radius 2 is 2.39 bits per heavy atom. The lowest BCUT2D eigenvalue weighted by molar-refractivity contribution is 0.0658. The molecule has 0 unspecified atom stereocenters. The maximum atomic E-state index is 10.9. The normalized spacial score (nSPS) is 10.5. The largest absolute Gasteiger partial charge is 0.475 e. The van der Waals surface area contributed by atoms with Crippen molar-refractivity contribution >= 4 is 5.97 Å². The van der Waals surface area contributed by atoms with Gasteiger partial charge in [0.15, 0.2) is 0 Å². The fourth-order valence-corrected chi connectivity index (χ4v) is 1.59. The van der Waals surface area contributed by atoms with E-state index >= 15 is 0 Å². The number of carboxylic acid groups (broad SMARTS) is 1. The summed E-state index contributed by atoms with van der Waals surface area (Å²) in [6, 6.07) is 3.70. The molecule has 0 aliphatic heterocycles. The molecule has 0 saturated carbocycles. The first-order chi connectivity index (χ1) is 8.69. The van der Waals surface area contributed by atoms with Crippen molar-refractivity contribution in [3.05, 3.63) is 23.7 Å². The molecule has 0 aliphatic carbocycles. The van der Waals surface area contributed by atoms with Crippen molar-refractivity contribution in [2.75, 3.05) is 26.8 Å². The predicted octanol–water partition coefficient (Wildman–Crippen LogP) is 1.34. The summed E-state index contributed by atoms with van der Waals surface area (Å²) in [4.78, 5) is 12.9. The Morgan fingerprint density at radius 3 is 3.00 bits per heavy atom. The van der Waals surface area contributed by atoms with Crippen LogP contribution in [0.2, 0.25) is 0 Å². The molecule has 0 amide bonds. The monoisotopic (exact) mass is 252 g/mol. The Labute approximate surface area is 105 Å². The van der Waals surface area contributed by atoms with Crippen LogP contribution in [-0.2, 0) is 11.3 Å². The highest BCUT2D eigenvalue weighted by Crippen LogP contribution is 2.13. The third-order valence-corrected chi connectivity index (χ3v) is 2.49.